The zero-order valence-corrected chi connectivity index (χ0v) is 11.8. The van der Waals surface area contributed by atoms with E-state index in [-0.39, 0.29) is 17.6 Å². The van der Waals surface area contributed by atoms with Crippen LogP contribution in [0.25, 0.3) is 5.95 Å². The Morgan fingerprint density at radius 3 is 2.65 bits per heavy atom. The fourth-order valence-corrected chi connectivity index (χ4v) is 1.40. The number of hydrogen-bond donors (Lipinski definition) is 1. The maximum atomic E-state index is 5.62. The highest BCUT2D eigenvalue weighted by molar-refractivity contribution is 5.24. The molecule has 0 aromatic carbocycles. The van der Waals surface area contributed by atoms with Crippen molar-refractivity contribution < 1.29 is 9.47 Å². The van der Waals surface area contributed by atoms with Crippen LogP contribution in [0, 0.1) is 0 Å². The first kappa shape index (κ1) is 14.2. The van der Waals surface area contributed by atoms with Crippen LogP contribution in [0.2, 0.25) is 0 Å². The van der Waals surface area contributed by atoms with Crippen molar-refractivity contribution in [1.82, 2.24) is 24.7 Å². The third kappa shape index (κ3) is 4.16. The van der Waals surface area contributed by atoms with E-state index in [1.165, 1.54) is 4.68 Å². The van der Waals surface area contributed by atoms with Gasteiger partial charge in [-0.25, -0.2) is 4.68 Å². The van der Waals surface area contributed by atoms with Crippen LogP contribution in [-0.4, -0.2) is 43.5 Å². The molecule has 2 aromatic rings. The molecule has 8 heteroatoms. The van der Waals surface area contributed by atoms with E-state index in [1.807, 2.05) is 20.8 Å². The molecule has 2 aromatic heterocycles. The van der Waals surface area contributed by atoms with Gasteiger partial charge in [0.15, 0.2) is 0 Å². The van der Waals surface area contributed by atoms with E-state index >= 15 is 0 Å². The third-order valence-electron chi connectivity index (χ3n) is 2.18. The van der Waals surface area contributed by atoms with Crippen LogP contribution < -0.4 is 10.5 Å². The molecule has 0 aliphatic heterocycles. The first-order valence-electron chi connectivity index (χ1n) is 6.22. The molecule has 0 spiro atoms. The van der Waals surface area contributed by atoms with Gasteiger partial charge in [0, 0.05) is 12.4 Å². The summed E-state index contributed by atoms with van der Waals surface area (Å²) in [4.78, 5) is 12.0. The van der Waals surface area contributed by atoms with Gasteiger partial charge < -0.3 is 15.2 Å². The van der Waals surface area contributed by atoms with Crippen LogP contribution in [-0.2, 0) is 4.74 Å². The largest absolute Gasteiger partial charge is 0.461 e. The Bertz CT molecular complexity index is 550. The van der Waals surface area contributed by atoms with Crippen molar-refractivity contribution in [3.63, 3.8) is 0 Å². The van der Waals surface area contributed by atoms with E-state index < -0.39 is 0 Å². The van der Waals surface area contributed by atoms with Gasteiger partial charge >= 0.3 is 6.01 Å². The molecule has 2 rings (SSSR count). The Balaban J connectivity index is 1.98. The molecule has 0 atom stereocenters. The highest BCUT2D eigenvalue weighted by Gasteiger charge is 2.11. The van der Waals surface area contributed by atoms with E-state index in [9.17, 15) is 0 Å². The lowest BCUT2D eigenvalue weighted by Crippen LogP contribution is -2.23. The Morgan fingerprint density at radius 1 is 1.20 bits per heavy atom. The molecule has 108 valence electrons. The Labute approximate surface area is 117 Å². The minimum absolute atomic E-state index is 0.0808. The molecule has 0 radical (unpaired) electrons. The van der Waals surface area contributed by atoms with E-state index in [0.717, 1.165) is 0 Å². The minimum atomic E-state index is -0.207. The highest BCUT2D eigenvalue weighted by Crippen LogP contribution is 2.09. The number of hydrogen-bond acceptors (Lipinski definition) is 7. The number of nitrogen functional groups attached to an aromatic ring is 1. The van der Waals surface area contributed by atoms with Crippen molar-refractivity contribution in [1.29, 1.82) is 0 Å². The van der Waals surface area contributed by atoms with Gasteiger partial charge in [-0.1, -0.05) is 0 Å². The van der Waals surface area contributed by atoms with Crippen LogP contribution in [0.15, 0.2) is 18.5 Å². The Morgan fingerprint density at radius 2 is 2.00 bits per heavy atom. The second-order valence-corrected chi connectivity index (χ2v) is 5.04. The predicted molar refractivity (Wildman–Crippen MR) is 72.6 cm³/mol. The Hall–Kier alpha value is -2.22. The normalized spacial score (nSPS) is 11.6. The number of aromatic nitrogens is 5. The molecular formula is C12H18N6O2. The average molecular weight is 278 g/mol. The summed E-state index contributed by atoms with van der Waals surface area (Å²) in [6, 6.07) is 1.91. The molecule has 0 unspecified atom stereocenters. The zero-order valence-electron chi connectivity index (χ0n) is 11.8. The molecular weight excluding hydrogens is 260 g/mol. The van der Waals surface area contributed by atoms with Gasteiger partial charge in [0.25, 0.3) is 5.95 Å². The predicted octanol–water partition coefficient (Wildman–Crippen LogP) is 0.833. The van der Waals surface area contributed by atoms with Gasteiger partial charge in [-0.15, -0.1) is 0 Å². The zero-order chi connectivity index (χ0) is 14.6. The van der Waals surface area contributed by atoms with E-state index in [4.69, 9.17) is 15.2 Å². The van der Waals surface area contributed by atoms with Crippen LogP contribution >= 0.6 is 0 Å². The number of anilines is 1. The van der Waals surface area contributed by atoms with Gasteiger partial charge in [-0.05, 0) is 26.8 Å². The molecule has 2 N–H and O–H groups in total. The van der Waals surface area contributed by atoms with Crippen LogP contribution in [0.1, 0.15) is 20.8 Å². The standard InChI is InChI=1S/C12H18N6O2/c1-12(2,3)20-8-7-19-11-16-9(13)15-10(17-11)18-6-4-5-14-18/h4-6H,7-8H2,1-3H3,(H2,13,15,16,17). The second kappa shape index (κ2) is 5.83. The summed E-state index contributed by atoms with van der Waals surface area (Å²) in [6.07, 6.45) is 3.33. The molecule has 0 saturated heterocycles. The van der Waals surface area contributed by atoms with Crippen molar-refractivity contribution in [3.8, 4) is 12.0 Å². The van der Waals surface area contributed by atoms with Crippen LogP contribution in [0.3, 0.4) is 0 Å². The smallest absolute Gasteiger partial charge is 0.323 e. The first-order valence-corrected chi connectivity index (χ1v) is 6.22. The molecule has 8 nitrogen and oxygen atoms in total. The average Bonchev–Trinajstić information content (AvgIpc) is 2.86. The maximum absolute atomic E-state index is 5.62. The lowest BCUT2D eigenvalue weighted by atomic mass is 10.2. The molecule has 0 amide bonds. The number of nitrogens with zero attached hydrogens (tertiary/aromatic N) is 5. The molecule has 0 saturated carbocycles. The summed E-state index contributed by atoms with van der Waals surface area (Å²) in [6.45, 7) is 6.70. The summed E-state index contributed by atoms with van der Waals surface area (Å²) in [5.41, 5.74) is 5.42. The van der Waals surface area contributed by atoms with Crippen molar-refractivity contribution >= 4 is 5.95 Å². The van der Waals surface area contributed by atoms with E-state index in [2.05, 4.69) is 20.1 Å². The number of nitrogens with two attached hydrogens (primary N) is 1. The van der Waals surface area contributed by atoms with Crippen molar-refractivity contribution in [2.75, 3.05) is 18.9 Å². The topological polar surface area (TPSA) is 101 Å². The maximum Gasteiger partial charge on any atom is 0.323 e. The van der Waals surface area contributed by atoms with Gasteiger partial charge in [-0.3, -0.25) is 0 Å². The fraction of sp³-hybridized carbons (Fsp3) is 0.500. The van der Waals surface area contributed by atoms with Crippen molar-refractivity contribution in [2.24, 2.45) is 0 Å². The summed E-state index contributed by atoms with van der Waals surface area (Å²) in [5.74, 6) is 0.395. The van der Waals surface area contributed by atoms with Gasteiger partial charge in [0.2, 0.25) is 5.95 Å². The van der Waals surface area contributed by atoms with Crippen molar-refractivity contribution in [3.05, 3.63) is 18.5 Å². The van der Waals surface area contributed by atoms with Gasteiger partial charge in [0.05, 0.1) is 12.2 Å². The highest BCUT2D eigenvalue weighted by atomic mass is 16.5. The number of rotatable bonds is 5. The molecule has 0 aliphatic rings. The van der Waals surface area contributed by atoms with E-state index in [1.54, 1.807) is 18.5 Å². The molecule has 0 bridgehead atoms. The molecule has 2 heterocycles. The lowest BCUT2D eigenvalue weighted by Gasteiger charge is -2.19. The fourth-order valence-electron chi connectivity index (χ4n) is 1.40. The van der Waals surface area contributed by atoms with Crippen LogP contribution in [0.4, 0.5) is 5.95 Å². The third-order valence-corrected chi connectivity index (χ3v) is 2.18. The van der Waals surface area contributed by atoms with Crippen LogP contribution in [0.5, 0.6) is 6.01 Å². The van der Waals surface area contributed by atoms with Crippen molar-refractivity contribution in [2.45, 2.75) is 26.4 Å². The number of ether oxygens (including phenoxy) is 2. The Kier molecular flexibility index (Phi) is 4.14. The summed E-state index contributed by atoms with van der Waals surface area (Å²) >= 11 is 0. The lowest BCUT2D eigenvalue weighted by molar-refractivity contribution is -0.0173. The molecule has 20 heavy (non-hydrogen) atoms. The molecule has 0 fully saturated rings. The quantitative estimate of drug-likeness (QED) is 0.808. The van der Waals surface area contributed by atoms with E-state index in [0.29, 0.717) is 19.2 Å². The summed E-state index contributed by atoms with van der Waals surface area (Å²) < 4.78 is 12.4. The van der Waals surface area contributed by atoms with Gasteiger partial charge in [0.1, 0.15) is 6.61 Å². The summed E-state index contributed by atoms with van der Waals surface area (Å²) in [5, 5.41) is 4.03. The monoisotopic (exact) mass is 278 g/mol. The first-order chi connectivity index (χ1) is 9.44. The summed E-state index contributed by atoms with van der Waals surface area (Å²) in [7, 11) is 0. The SMILES string of the molecule is CC(C)(C)OCCOc1nc(N)nc(-n2cccn2)n1. The minimum Gasteiger partial charge on any atom is -0.461 e. The second-order valence-electron chi connectivity index (χ2n) is 5.04. The molecule has 0 aliphatic carbocycles. The van der Waals surface area contributed by atoms with Gasteiger partial charge in [-0.2, -0.15) is 20.1 Å².